The summed E-state index contributed by atoms with van der Waals surface area (Å²) in [5.74, 6) is -0.347. The molecule has 0 aromatic heterocycles. The average molecular weight is 806 g/mol. The third kappa shape index (κ3) is 43.1. The number of rotatable bonds is 40. The zero-order valence-corrected chi connectivity index (χ0v) is 37.5. The van der Waals surface area contributed by atoms with Gasteiger partial charge in [-0.1, -0.05) is 164 Å². The number of allylic oxidation sites excluding steroid dienone is 12. The highest BCUT2D eigenvalue weighted by molar-refractivity contribution is 7.45. The highest BCUT2D eigenvalue weighted by Crippen LogP contribution is 2.38. The Morgan fingerprint density at radius 3 is 1.55 bits per heavy atom. The Kier molecular flexibility index (Phi) is 38.3. The van der Waals surface area contributed by atoms with Crippen LogP contribution < -0.4 is 4.89 Å². The molecule has 0 aliphatic rings. The van der Waals surface area contributed by atoms with Gasteiger partial charge in [0.2, 0.25) is 0 Å². The Morgan fingerprint density at radius 2 is 1.04 bits per heavy atom. The van der Waals surface area contributed by atoms with Crippen molar-refractivity contribution in [3.63, 3.8) is 0 Å². The number of ether oxygens (including phenoxy) is 2. The Hall–Kier alpha value is -2.06. The van der Waals surface area contributed by atoms with E-state index in [-0.39, 0.29) is 25.8 Å². The Morgan fingerprint density at radius 1 is 0.571 bits per heavy atom. The van der Waals surface area contributed by atoms with E-state index in [1.165, 1.54) is 57.8 Å². The van der Waals surface area contributed by atoms with Crippen LogP contribution in [0.3, 0.4) is 0 Å². The van der Waals surface area contributed by atoms with Crippen LogP contribution in [0.15, 0.2) is 72.9 Å². The number of esters is 1. The van der Waals surface area contributed by atoms with Gasteiger partial charge in [-0.05, 0) is 64.2 Å². The number of quaternary nitrogens is 1. The van der Waals surface area contributed by atoms with Gasteiger partial charge in [0.25, 0.3) is 7.82 Å². The molecule has 2 unspecified atom stereocenters. The molecule has 0 rings (SSSR count). The minimum atomic E-state index is -4.53. The minimum absolute atomic E-state index is 0.0192. The van der Waals surface area contributed by atoms with Gasteiger partial charge in [-0.2, -0.15) is 0 Å². The van der Waals surface area contributed by atoms with Gasteiger partial charge >= 0.3 is 5.97 Å². The summed E-state index contributed by atoms with van der Waals surface area (Å²) in [6, 6.07) is 0. The topological polar surface area (TPSA) is 94.1 Å². The van der Waals surface area contributed by atoms with Gasteiger partial charge in [-0.25, -0.2) is 0 Å². The summed E-state index contributed by atoms with van der Waals surface area (Å²) in [6.45, 7) is 5.22. The van der Waals surface area contributed by atoms with Crippen molar-refractivity contribution in [1.29, 1.82) is 0 Å². The predicted molar refractivity (Wildman–Crippen MR) is 235 cm³/mol. The molecule has 0 radical (unpaired) electrons. The Balaban J connectivity index is 4.21. The fourth-order valence-corrected chi connectivity index (χ4v) is 6.34. The SMILES string of the molecule is CC/C=C\C/C=C\C/C=C\C/C=C\C/C=C\C/C=C\CCCCCCCOCC(COP(=O)([O-])OCC[N+](C)(C)C)OC(=O)CCCCCCCCCCCC. The van der Waals surface area contributed by atoms with E-state index >= 15 is 0 Å². The standard InChI is InChI=1S/C47H84NO7P/c1-6-8-10-12-14-16-18-19-20-21-22-23-24-25-26-27-28-29-30-31-33-35-37-39-42-52-44-46(45-54-56(50,51)53-43-41-48(3,4)5)55-47(49)40-38-36-34-32-17-15-13-11-9-7-2/h8,10,14,16,19-20,22-23,25-26,28-29,46H,6-7,9,11-13,15,17-18,21,24,27,30-45H2,1-5H3/b10-8-,16-14-,20-19-,23-22-,26-25-,29-28-. The molecule has 8 nitrogen and oxygen atoms in total. The highest BCUT2D eigenvalue weighted by Gasteiger charge is 2.20. The lowest BCUT2D eigenvalue weighted by Crippen LogP contribution is -2.37. The van der Waals surface area contributed by atoms with Crippen LogP contribution in [0.4, 0.5) is 0 Å². The third-order valence-electron chi connectivity index (χ3n) is 9.02. The van der Waals surface area contributed by atoms with Crippen LogP contribution in [0.5, 0.6) is 0 Å². The molecular formula is C47H84NO7P. The summed E-state index contributed by atoms with van der Waals surface area (Å²) < 4.78 is 34.5. The second-order valence-corrected chi connectivity index (χ2v) is 17.1. The highest BCUT2D eigenvalue weighted by atomic mass is 31.2. The molecule has 0 aromatic rings. The number of carbonyl (C=O) groups is 1. The summed E-state index contributed by atoms with van der Waals surface area (Å²) in [7, 11) is 1.33. The molecule has 0 aromatic carbocycles. The van der Waals surface area contributed by atoms with E-state index in [0.29, 0.717) is 24.1 Å². The van der Waals surface area contributed by atoms with Crippen LogP contribution >= 0.6 is 7.82 Å². The van der Waals surface area contributed by atoms with Crippen molar-refractivity contribution >= 4 is 13.8 Å². The first-order valence-electron chi connectivity index (χ1n) is 22.2. The molecule has 0 saturated heterocycles. The van der Waals surface area contributed by atoms with Crippen LogP contribution in [-0.2, 0) is 27.9 Å². The molecule has 324 valence electrons. The van der Waals surface area contributed by atoms with Gasteiger partial charge in [0.15, 0.2) is 0 Å². The molecule has 2 atom stereocenters. The molecule has 0 N–H and O–H groups in total. The second-order valence-electron chi connectivity index (χ2n) is 15.7. The smallest absolute Gasteiger partial charge is 0.306 e. The largest absolute Gasteiger partial charge is 0.756 e. The number of nitrogens with zero attached hydrogens (tertiary/aromatic N) is 1. The number of likely N-dealkylation sites (N-methyl/N-ethyl adjacent to an activating group) is 1. The molecule has 0 aliphatic carbocycles. The summed E-state index contributed by atoms with van der Waals surface area (Å²) >= 11 is 0. The molecular weight excluding hydrogens is 721 g/mol. The number of phosphoric ester groups is 1. The van der Waals surface area contributed by atoms with E-state index in [0.717, 1.165) is 83.5 Å². The maximum absolute atomic E-state index is 12.6. The maximum atomic E-state index is 12.6. The first-order chi connectivity index (χ1) is 27.1. The van der Waals surface area contributed by atoms with E-state index in [4.69, 9.17) is 18.5 Å². The van der Waals surface area contributed by atoms with Crippen LogP contribution in [0.1, 0.15) is 162 Å². The summed E-state index contributed by atoms with van der Waals surface area (Å²) in [5.41, 5.74) is 0. The van der Waals surface area contributed by atoms with Crippen LogP contribution in [0.25, 0.3) is 0 Å². The first-order valence-corrected chi connectivity index (χ1v) is 23.6. The van der Waals surface area contributed by atoms with Crippen LogP contribution in [0, 0.1) is 0 Å². The average Bonchev–Trinajstić information content (AvgIpc) is 3.15. The van der Waals surface area contributed by atoms with Crippen molar-refractivity contribution in [2.45, 2.75) is 168 Å². The molecule has 0 heterocycles. The zero-order chi connectivity index (χ0) is 41.3. The van der Waals surface area contributed by atoms with Crippen molar-refractivity contribution in [1.82, 2.24) is 0 Å². The molecule has 0 amide bonds. The Labute approximate surface area is 344 Å². The van der Waals surface area contributed by atoms with Crippen molar-refractivity contribution < 1.29 is 37.3 Å². The van der Waals surface area contributed by atoms with E-state index in [9.17, 15) is 14.3 Å². The first kappa shape index (κ1) is 53.9. The van der Waals surface area contributed by atoms with E-state index in [2.05, 4.69) is 86.8 Å². The quantitative estimate of drug-likeness (QED) is 0.0200. The number of phosphoric acid groups is 1. The molecule has 0 aliphatic heterocycles. The second kappa shape index (κ2) is 39.8. The summed E-state index contributed by atoms with van der Waals surface area (Å²) in [4.78, 5) is 25.0. The van der Waals surface area contributed by atoms with Gasteiger partial charge < -0.3 is 27.9 Å². The number of carbonyl (C=O) groups excluding carboxylic acids is 1. The lowest BCUT2D eigenvalue weighted by molar-refractivity contribution is -0.870. The van der Waals surface area contributed by atoms with Crippen molar-refractivity contribution in [3.05, 3.63) is 72.9 Å². The lowest BCUT2D eigenvalue weighted by Gasteiger charge is -2.28. The normalized spacial score (nSPS) is 14.5. The number of hydrogen-bond acceptors (Lipinski definition) is 7. The van der Waals surface area contributed by atoms with Gasteiger partial charge in [0.1, 0.15) is 19.3 Å². The summed E-state index contributed by atoms with van der Waals surface area (Å²) in [5, 5.41) is 0. The van der Waals surface area contributed by atoms with E-state index in [1.807, 2.05) is 21.1 Å². The molecule has 0 fully saturated rings. The third-order valence-corrected chi connectivity index (χ3v) is 9.99. The molecule has 56 heavy (non-hydrogen) atoms. The van der Waals surface area contributed by atoms with Crippen LogP contribution in [-0.4, -0.2) is 70.7 Å². The van der Waals surface area contributed by atoms with Gasteiger partial charge in [0.05, 0.1) is 34.4 Å². The van der Waals surface area contributed by atoms with Crippen molar-refractivity contribution in [2.75, 3.05) is 54.1 Å². The molecule has 0 saturated carbocycles. The molecule has 0 spiro atoms. The summed E-state index contributed by atoms with van der Waals surface area (Å²) in [6.07, 6.45) is 50.6. The Bertz CT molecular complexity index is 1120. The molecule has 0 bridgehead atoms. The van der Waals surface area contributed by atoms with Crippen molar-refractivity contribution in [2.24, 2.45) is 0 Å². The van der Waals surface area contributed by atoms with Gasteiger partial charge in [0, 0.05) is 13.0 Å². The minimum Gasteiger partial charge on any atom is -0.756 e. The van der Waals surface area contributed by atoms with Crippen molar-refractivity contribution in [3.8, 4) is 0 Å². The van der Waals surface area contributed by atoms with Gasteiger partial charge in [-0.15, -0.1) is 0 Å². The van der Waals surface area contributed by atoms with Crippen LogP contribution in [0.2, 0.25) is 0 Å². The fraction of sp³-hybridized carbons (Fsp3) is 0.723. The fourth-order valence-electron chi connectivity index (χ4n) is 5.61. The van der Waals surface area contributed by atoms with Gasteiger partial charge in [-0.3, -0.25) is 9.36 Å². The van der Waals surface area contributed by atoms with E-state index < -0.39 is 13.9 Å². The number of hydrogen-bond donors (Lipinski definition) is 0. The van der Waals surface area contributed by atoms with E-state index in [1.54, 1.807) is 0 Å². The maximum Gasteiger partial charge on any atom is 0.306 e. The lowest BCUT2D eigenvalue weighted by atomic mass is 10.1. The monoisotopic (exact) mass is 806 g/mol. The molecule has 9 heteroatoms. The predicted octanol–water partition coefficient (Wildman–Crippen LogP) is 12.5. The number of unbranched alkanes of at least 4 members (excludes halogenated alkanes) is 14. The zero-order valence-electron chi connectivity index (χ0n) is 36.6.